The molecule has 2 aromatic heterocycles. The van der Waals surface area contributed by atoms with E-state index in [1.807, 2.05) is 11.1 Å². The number of tetrazole rings is 1. The van der Waals surface area contributed by atoms with Crippen LogP contribution in [0.1, 0.15) is 44.3 Å². The number of hydrogen-bond acceptors (Lipinski definition) is 6. The average molecular weight is 347 g/mol. The molecule has 1 saturated heterocycles. The Balaban J connectivity index is 1.63. The number of amides is 1. The lowest BCUT2D eigenvalue weighted by Crippen LogP contribution is -2.40. The number of H-pyrrole nitrogens is 1. The Labute approximate surface area is 146 Å². The molecule has 0 unspecified atom stereocenters. The van der Waals surface area contributed by atoms with E-state index < -0.39 is 0 Å². The molecular formula is C16H25N7O2. The molecule has 3 heterocycles. The third-order valence-corrected chi connectivity index (χ3v) is 4.32. The van der Waals surface area contributed by atoms with Crippen LogP contribution in [0.15, 0.2) is 6.20 Å². The fourth-order valence-corrected chi connectivity index (χ4v) is 2.96. The molecule has 1 aliphatic rings. The zero-order chi connectivity index (χ0) is 17.9. The number of aromatic nitrogens is 6. The van der Waals surface area contributed by atoms with Crippen molar-refractivity contribution < 1.29 is 9.53 Å². The Morgan fingerprint density at radius 1 is 1.32 bits per heavy atom. The number of aryl methyl sites for hydroxylation is 1. The van der Waals surface area contributed by atoms with E-state index in [1.54, 1.807) is 4.68 Å². The van der Waals surface area contributed by atoms with Gasteiger partial charge in [0.25, 0.3) is 0 Å². The molecule has 1 N–H and O–H groups in total. The number of morpholine rings is 1. The van der Waals surface area contributed by atoms with E-state index in [2.05, 4.69) is 46.5 Å². The van der Waals surface area contributed by atoms with Gasteiger partial charge in [0.2, 0.25) is 5.91 Å². The number of ether oxygens (including phenoxy) is 1. The predicted molar refractivity (Wildman–Crippen MR) is 89.9 cm³/mol. The van der Waals surface area contributed by atoms with Crippen LogP contribution in [0, 0.1) is 0 Å². The van der Waals surface area contributed by atoms with Gasteiger partial charge in [-0.05, 0) is 10.4 Å². The highest BCUT2D eigenvalue weighted by molar-refractivity contribution is 5.76. The minimum Gasteiger partial charge on any atom is -0.378 e. The van der Waals surface area contributed by atoms with Crippen LogP contribution in [0.2, 0.25) is 0 Å². The standard InChI is InChI=1S/C16H25N7O2/c1-16(2,3)15-12(10-17-19-15)11-23-13(18-20-21-23)4-5-14(24)22-6-8-25-9-7-22/h10H,4-9,11H2,1-3H3,(H,17,19). The first kappa shape index (κ1) is 17.5. The molecule has 2 aromatic rings. The summed E-state index contributed by atoms with van der Waals surface area (Å²) in [5, 5.41) is 19.1. The third-order valence-electron chi connectivity index (χ3n) is 4.32. The number of rotatable bonds is 5. The lowest BCUT2D eigenvalue weighted by molar-refractivity contribution is -0.135. The molecule has 0 radical (unpaired) electrons. The molecule has 0 bridgehead atoms. The minimum absolute atomic E-state index is 0.0354. The summed E-state index contributed by atoms with van der Waals surface area (Å²) in [6.45, 7) is 9.47. The first-order valence-electron chi connectivity index (χ1n) is 8.58. The maximum Gasteiger partial charge on any atom is 0.223 e. The van der Waals surface area contributed by atoms with E-state index in [4.69, 9.17) is 4.74 Å². The highest BCUT2D eigenvalue weighted by Crippen LogP contribution is 2.24. The van der Waals surface area contributed by atoms with Gasteiger partial charge in [0, 0.05) is 42.6 Å². The molecular weight excluding hydrogens is 322 g/mol. The van der Waals surface area contributed by atoms with Crippen molar-refractivity contribution in [3.8, 4) is 0 Å². The monoisotopic (exact) mass is 347 g/mol. The Kier molecular flexibility index (Phi) is 5.12. The van der Waals surface area contributed by atoms with Gasteiger partial charge in [-0.2, -0.15) is 5.10 Å². The topological polar surface area (TPSA) is 102 Å². The summed E-state index contributed by atoms with van der Waals surface area (Å²) in [4.78, 5) is 14.1. The molecule has 0 saturated carbocycles. The van der Waals surface area contributed by atoms with Crippen molar-refractivity contribution in [1.29, 1.82) is 0 Å². The lowest BCUT2D eigenvalue weighted by atomic mass is 9.89. The average Bonchev–Trinajstić information content (AvgIpc) is 3.23. The highest BCUT2D eigenvalue weighted by atomic mass is 16.5. The van der Waals surface area contributed by atoms with Crippen molar-refractivity contribution in [2.75, 3.05) is 26.3 Å². The maximum atomic E-state index is 12.3. The van der Waals surface area contributed by atoms with Gasteiger partial charge in [-0.25, -0.2) is 4.68 Å². The smallest absolute Gasteiger partial charge is 0.223 e. The summed E-state index contributed by atoms with van der Waals surface area (Å²) in [5.74, 6) is 0.833. The number of carbonyl (C=O) groups is 1. The molecule has 1 fully saturated rings. The second kappa shape index (κ2) is 7.30. The van der Waals surface area contributed by atoms with Crippen LogP contribution in [0.4, 0.5) is 0 Å². The summed E-state index contributed by atoms with van der Waals surface area (Å²) in [7, 11) is 0. The second-order valence-electron chi connectivity index (χ2n) is 7.27. The summed E-state index contributed by atoms with van der Waals surface area (Å²) < 4.78 is 7.02. The van der Waals surface area contributed by atoms with E-state index in [-0.39, 0.29) is 11.3 Å². The van der Waals surface area contributed by atoms with Crippen molar-refractivity contribution in [1.82, 2.24) is 35.3 Å². The predicted octanol–water partition coefficient (Wildman–Crippen LogP) is 0.533. The van der Waals surface area contributed by atoms with Gasteiger partial charge in [-0.3, -0.25) is 9.89 Å². The van der Waals surface area contributed by atoms with Crippen LogP contribution >= 0.6 is 0 Å². The summed E-state index contributed by atoms with van der Waals surface area (Å²) in [6, 6.07) is 0. The summed E-state index contributed by atoms with van der Waals surface area (Å²) in [6.07, 6.45) is 2.73. The zero-order valence-electron chi connectivity index (χ0n) is 15.0. The number of hydrogen-bond donors (Lipinski definition) is 1. The Morgan fingerprint density at radius 2 is 2.08 bits per heavy atom. The molecule has 136 valence electrons. The largest absolute Gasteiger partial charge is 0.378 e. The van der Waals surface area contributed by atoms with Gasteiger partial charge >= 0.3 is 0 Å². The van der Waals surface area contributed by atoms with Crippen molar-refractivity contribution in [3.05, 3.63) is 23.3 Å². The normalized spacial score (nSPS) is 15.6. The molecule has 0 aliphatic carbocycles. The molecule has 9 nitrogen and oxygen atoms in total. The highest BCUT2D eigenvalue weighted by Gasteiger charge is 2.22. The van der Waals surface area contributed by atoms with Crippen molar-refractivity contribution in [2.45, 2.75) is 45.6 Å². The maximum absolute atomic E-state index is 12.3. The van der Waals surface area contributed by atoms with E-state index in [0.29, 0.717) is 51.5 Å². The summed E-state index contributed by atoms with van der Waals surface area (Å²) in [5.41, 5.74) is 2.09. The van der Waals surface area contributed by atoms with E-state index in [1.165, 1.54) is 0 Å². The number of aromatic amines is 1. The molecule has 0 atom stereocenters. The van der Waals surface area contributed by atoms with Gasteiger partial charge in [-0.15, -0.1) is 5.10 Å². The molecule has 9 heteroatoms. The first-order chi connectivity index (χ1) is 11.9. The number of nitrogens with zero attached hydrogens (tertiary/aromatic N) is 6. The van der Waals surface area contributed by atoms with Crippen LogP contribution in [0.25, 0.3) is 0 Å². The molecule has 25 heavy (non-hydrogen) atoms. The van der Waals surface area contributed by atoms with Crippen molar-refractivity contribution in [2.24, 2.45) is 0 Å². The SMILES string of the molecule is CC(C)(C)c1[nH]ncc1Cn1nnnc1CCC(=O)N1CCOCC1. The second-order valence-corrected chi connectivity index (χ2v) is 7.27. The third kappa shape index (κ3) is 4.22. The number of nitrogens with one attached hydrogen (secondary N) is 1. The lowest BCUT2D eigenvalue weighted by Gasteiger charge is -2.26. The van der Waals surface area contributed by atoms with Crippen molar-refractivity contribution >= 4 is 5.91 Å². The Bertz CT molecular complexity index is 710. The minimum atomic E-state index is -0.0354. The molecule has 3 rings (SSSR count). The van der Waals surface area contributed by atoms with Crippen LogP contribution in [0.5, 0.6) is 0 Å². The van der Waals surface area contributed by atoms with Gasteiger partial charge in [-0.1, -0.05) is 20.8 Å². The molecule has 1 amide bonds. The van der Waals surface area contributed by atoms with Crippen molar-refractivity contribution in [3.63, 3.8) is 0 Å². The Hall–Kier alpha value is -2.29. The van der Waals surface area contributed by atoms with Gasteiger partial charge in [0.15, 0.2) is 5.82 Å². The first-order valence-corrected chi connectivity index (χ1v) is 8.58. The van der Waals surface area contributed by atoms with Crippen LogP contribution in [-0.4, -0.2) is 67.5 Å². The zero-order valence-corrected chi connectivity index (χ0v) is 15.0. The van der Waals surface area contributed by atoms with Gasteiger partial charge in [0.1, 0.15) is 0 Å². The van der Waals surface area contributed by atoms with E-state index in [9.17, 15) is 4.79 Å². The van der Waals surface area contributed by atoms with Gasteiger partial charge in [0.05, 0.1) is 26.0 Å². The Morgan fingerprint density at radius 3 is 2.80 bits per heavy atom. The fraction of sp³-hybridized carbons (Fsp3) is 0.688. The molecule has 1 aliphatic heterocycles. The van der Waals surface area contributed by atoms with Crippen LogP contribution in [0.3, 0.4) is 0 Å². The molecule has 0 aromatic carbocycles. The quantitative estimate of drug-likeness (QED) is 0.847. The van der Waals surface area contributed by atoms with Gasteiger partial charge < -0.3 is 9.64 Å². The number of carbonyl (C=O) groups excluding carboxylic acids is 1. The summed E-state index contributed by atoms with van der Waals surface area (Å²) >= 11 is 0. The van der Waals surface area contributed by atoms with Crippen LogP contribution in [-0.2, 0) is 27.9 Å². The van der Waals surface area contributed by atoms with E-state index >= 15 is 0 Å². The molecule has 0 spiro atoms. The van der Waals surface area contributed by atoms with Crippen LogP contribution < -0.4 is 0 Å². The van der Waals surface area contributed by atoms with E-state index in [0.717, 1.165) is 11.3 Å². The fourth-order valence-electron chi connectivity index (χ4n) is 2.96.